The Kier molecular flexibility index (Phi) is 2.94. The average Bonchev–Trinajstić information content (AvgIpc) is 2.17. The number of nitrogens with two attached hydrogens (primary N) is 1. The van der Waals surface area contributed by atoms with Crippen molar-refractivity contribution in [3.8, 4) is 0 Å². The maximum Gasteiger partial charge on any atom is 0.288 e. The zero-order valence-corrected chi connectivity index (χ0v) is 7.41. The maximum absolute atomic E-state index is 13.1. The van der Waals surface area contributed by atoms with Crippen LogP contribution in [0.4, 0.5) is 18.9 Å². The van der Waals surface area contributed by atoms with Gasteiger partial charge in [0.05, 0.1) is 23.1 Å². The molecule has 0 radical (unpaired) electrons. The third-order valence-electron chi connectivity index (χ3n) is 1.81. The van der Waals surface area contributed by atoms with Gasteiger partial charge >= 0.3 is 0 Å². The molecule has 0 aliphatic heterocycles. The number of nitro benzene ring substituents is 1. The highest BCUT2D eigenvalue weighted by atomic mass is 19.3. The number of rotatable bonds is 3. The Morgan fingerprint density at radius 2 is 2.07 bits per heavy atom. The molecule has 0 saturated carbocycles. The summed E-state index contributed by atoms with van der Waals surface area (Å²) in [5, 5.41) is 10.2. The zero-order valence-electron chi connectivity index (χ0n) is 7.41. The lowest BCUT2D eigenvalue weighted by Crippen LogP contribution is -2.26. The van der Waals surface area contributed by atoms with E-state index in [0.29, 0.717) is 12.1 Å². The van der Waals surface area contributed by atoms with E-state index in [9.17, 15) is 23.3 Å². The summed E-state index contributed by atoms with van der Waals surface area (Å²) in [7, 11) is 0. The number of hydrogen-bond donors (Lipinski definition) is 1. The largest absolute Gasteiger partial charge is 0.325 e. The monoisotopic (exact) mass is 220 g/mol. The first-order chi connectivity index (χ1) is 6.88. The Hall–Kier alpha value is -1.63. The molecule has 0 bridgehead atoms. The summed E-state index contributed by atoms with van der Waals surface area (Å²) in [5.41, 5.74) is 3.24. The Balaban J connectivity index is 3.19. The molecular formula is C8H7F3N2O2. The van der Waals surface area contributed by atoms with Gasteiger partial charge < -0.3 is 5.73 Å². The highest BCUT2D eigenvalue weighted by Gasteiger charge is 2.33. The predicted octanol–water partition coefficient (Wildman–Crippen LogP) is 1.78. The Morgan fingerprint density at radius 1 is 1.47 bits per heavy atom. The SMILES string of the molecule is NCC(F)(F)c1ccc([N+](=O)[O-])cc1F. The van der Waals surface area contributed by atoms with Gasteiger partial charge in [-0.1, -0.05) is 0 Å². The van der Waals surface area contributed by atoms with Crippen molar-refractivity contribution in [3.05, 3.63) is 39.7 Å². The molecule has 4 nitrogen and oxygen atoms in total. The van der Waals surface area contributed by atoms with Crippen LogP contribution >= 0.6 is 0 Å². The van der Waals surface area contributed by atoms with E-state index in [2.05, 4.69) is 0 Å². The van der Waals surface area contributed by atoms with Crippen LogP contribution in [0.3, 0.4) is 0 Å². The summed E-state index contributed by atoms with van der Waals surface area (Å²) in [6.45, 7) is -1.05. The van der Waals surface area contributed by atoms with E-state index in [-0.39, 0.29) is 0 Å². The van der Waals surface area contributed by atoms with Gasteiger partial charge in [-0.05, 0) is 6.07 Å². The van der Waals surface area contributed by atoms with Crippen LogP contribution < -0.4 is 5.73 Å². The molecule has 15 heavy (non-hydrogen) atoms. The summed E-state index contributed by atoms with van der Waals surface area (Å²) in [6.07, 6.45) is 0. The molecule has 7 heteroatoms. The van der Waals surface area contributed by atoms with E-state index < -0.39 is 34.5 Å². The first-order valence-electron chi connectivity index (χ1n) is 3.91. The second-order valence-corrected chi connectivity index (χ2v) is 2.83. The average molecular weight is 220 g/mol. The number of alkyl halides is 2. The molecule has 1 aromatic carbocycles. The first-order valence-corrected chi connectivity index (χ1v) is 3.91. The fourth-order valence-electron chi connectivity index (χ4n) is 1.02. The van der Waals surface area contributed by atoms with E-state index in [1.165, 1.54) is 0 Å². The van der Waals surface area contributed by atoms with Crippen molar-refractivity contribution in [3.63, 3.8) is 0 Å². The van der Waals surface area contributed by atoms with Crippen LogP contribution in [-0.2, 0) is 5.92 Å². The standard InChI is InChI=1S/C8H7F3N2O2/c9-7-3-5(13(14)15)1-2-6(7)8(10,11)4-12/h1-3H,4,12H2. The molecule has 0 aromatic heterocycles. The third-order valence-corrected chi connectivity index (χ3v) is 1.81. The van der Waals surface area contributed by atoms with E-state index in [1.807, 2.05) is 0 Å². The Labute approximate surface area is 82.7 Å². The molecule has 0 aliphatic carbocycles. The lowest BCUT2D eigenvalue weighted by molar-refractivity contribution is -0.385. The van der Waals surface area contributed by atoms with Gasteiger partial charge in [0.1, 0.15) is 5.82 Å². The van der Waals surface area contributed by atoms with Crippen molar-refractivity contribution in [1.82, 2.24) is 0 Å². The van der Waals surface area contributed by atoms with Crippen molar-refractivity contribution in [2.45, 2.75) is 5.92 Å². The Morgan fingerprint density at radius 3 is 2.47 bits per heavy atom. The summed E-state index contributed by atoms with van der Waals surface area (Å²) < 4.78 is 38.9. The van der Waals surface area contributed by atoms with Gasteiger partial charge in [0.25, 0.3) is 11.6 Å². The van der Waals surface area contributed by atoms with Crippen molar-refractivity contribution >= 4 is 5.69 Å². The highest BCUT2D eigenvalue weighted by Crippen LogP contribution is 2.30. The molecule has 2 N–H and O–H groups in total. The molecule has 0 amide bonds. The minimum Gasteiger partial charge on any atom is -0.325 e. The normalized spacial score (nSPS) is 11.5. The van der Waals surface area contributed by atoms with Gasteiger partial charge in [-0.15, -0.1) is 0 Å². The molecule has 1 aromatic rings. The molecule has 0 heterocycles. The summed E-state index contributed by atoms with van der Waals surface area (Å²) in [4.78, 5) is 9.34. The lowest BCUT2D eigenvalue weighted by atomic mass is 10.1. The number of hydrogen-bond acceptors (Lipinski definition) is 3. The number of nitrogens with zero attached hydrogens (tertiary/aromatic N) is 1. The van der Waals surface area contributed by atoms with Crippen LogP contribution in [0, 0.1) is 15.9 Å². The predicted molar refractivity (Wildman–Crippen MR) is 46.0 cm³/mol. The molecule has 1 rings (SSSR count). The van der Waals surface area contributed by atoms with E-state index >= 15 is 0 Å². The fraction of sp³-hybridized carbons (Fsp3) is 0.250. The maximum atomic E-state index is 13.1. The second-order valence-electron chi connectivity index (χ2n) is 2.83. The molecule has 0 saturated heterocycles. The lowest BCUT2D eigenvalue weighted by Gasteiger charge is -2.14. The topological polar surface area (TPSA) is 69.2 Å². The minimum absolute atomic E-state index is 0.443. The number of nitro groups is 1. The van der Waals surface area contributed by atoms with Crippen molar-refractivity contribution in [2.24, 2.45) is 5.73 Å². The molecule has 0 aliphatic rings. The van der Waals surface area contributed by atoms with Gasteiger partial charge in [-0.25, -0.2) is 4.39 Å². The summed E-state index contributed by atoms with van der Waals surface area (Å²) in [6, 6.07) is 1.92. The smallest absolute Gasteiger partial charge is 0.288 e. The molecule has 82 valence electrons. The van der Waals surface area contributed by atoms with Crippen LogP contribution in [0.1, 0.15) is 5.56 Å². The molecule has 0 unspecified atom stereocenters. The van der Waals surface area contributed by atoms with Gasteiger partial charge in [-0.2, -0.15) is 8.78 Å². The first kappa shape index (κ1) is 11.4. The van der Waals surface area contributed by atoms with E-state index in [4.69, 9.17) is 5.73 Å². The zero-order chi connectivity index (χ0) is 11.6. The summed E-state index contributed by atoms with van der Waals surface area (Å²) in [5.74, 6) is -4.85. The third kappa shape index (κ3) is 2.24. The van der Waals surface area contributed by atoms with Gasteiger partial charge in [0.15, 0.2) is 0 Å². The molecule has 0 atom stereocenters. The number of halogens is 3. The quantitative estimate of drug-likeness (QED) is 0.623. The van der Waals surface area contributed by atoms with Crippen molar-refractivity contribution in [1.29, 1.82) is 0 Å². The van der Waals surface area contributed by atoms with Crippen LogP contribution in [0.15, 0.2) is 18.2 Å². The van der Waals surface area contributed by atoms with E-state index in [1.54, 1.807) is 0 Å². The highest BCUT2D eigenvalue weighted by molar-refractivity contribution is 5.36. The molecular weight excluding hydrogens is 213 g/mol. The minimum atomic E-state index is -3.51. The number of benzene rings is 1. The van der Waals surface area contributed by atoms with E-state index in [0.717, 1.165) is 6.07 Å². The van der Waals surface area contributed by atoms with Gasteiger partial charge in [-0.3, -0.25) is 10.1 Å². The molecule has 0 spiro atoms. The van der Waals surface area contributed by atoms with Gasteiger partial charge in [0.2, 0.25) is 0 Å². The van der Waals surface area contributed by atoms with Gasteiger partial charge in [0, 0.05) is 6.07 Å². The van der Waals surface area contributed by atoms with Crippen LogP contribution in [0.25, 0.3) is 0 Å². The van der Waals surface area contributed by atoms with Crippen LogP contribution in [0.5, 0.6) is 0 Å². The Bertz CT molecular complexity index is 395. The summed E-state index contributed by atoms with van der Waals surface area (Å²) >= 11 is 0. The van der Waals surface area contributed by atoms with Crippen LogP contribution in [-0.4, -0.2) is 11.5 Å². The molecule has 0 fully saturated rings. The fourth-order valence-corrected chi connectivity index (χ4v) is 1.02. The second kappa shape index (κ2) is 3.85. The van der Waals surface area contributed by atoms with Crippen molar-refractivity contribution < 1.29 is 18.1 Å². The number of non-ortho nitro benzene ring substituents is 1. The van der Waals surface area contributed by atoms with Crippen LogP contribution in [0.2, 0.25) is 0 Å². The van der Waals surface area contributed by atoms with Crippen molar-refractivity contribution in [2.75, 3.05) is 6.54 Å².